The maximum Gasteiger partial charge on any atom is 0.326 e. The minimum absolute atomic E-state index is 0.0773. The molecular formula is C15H17NO5. The highest BCUT2D eigenvalue weighted by molar-refractivity contribution is 5.86. The van der Waals surface area contributed by atoms with Crippen molar-refractivity contribution >= 4 is 11.9 Å². The highest BCUT2D eigenvalue weighted by Gasteiger charge is 2.42. The number of amides is 1. The highest BCUT2D eigenvalue weighted by atomic mass is 16.5. The molecule has 2 heterocycles. The molecule has 21 heavy (non-hydrogen) atoms. The van der Waals surface area contributed by atoms with Crippen LogP contribution in [0, 0.1) is 5.92 Å². The number of aliphatic hydroxyl groups excluding tert-OH is 1. The van der Waals surface area contributed by atoms with E-state index in [1.165, 1.54) is 4.90 Å². The fourth-order valence-corrected chi connectivity index (χ4v) is 3.01. The van der Waals surface area contributed by atoms with Crippen molar-refractivity contribution in [2.45, 2.75) is 25.0 Å². The second-order valence-electron chi connectivity index (χ2n) is 5.55. The number of rotatable bonds is 2. The Bertz CT molecular complexity index is 573. The molecule has 2 aliphatic heterocycles. The van der Waals surface area contributed by atoms with Gasteiger partial charge in [-0.2, -0.15) is 0 Å². The van der Waals surface area contributed by atoms with Gasteiger partial charge in [0.1, 0.15) is 18.4 Å². The zero-order valence-electron chi connectivity index (χ0n) is 11.4. The zero-order chi connectivity index (χ0) is 15.0. The molecule has 1 amide bonds. The summed E-state index contributed by atoms with van der Waals surface area (Å²) in [5, 5.41) is 18.8. The Morgan fingerprint density at radius 1 is 1.29 bits per heavy atom. The molecule has 0 radical (unpaired) electrons. The number of carboxylic acid groups (broad SMARTS) is 1. The summed E-state index contributed by atoms with van der Waals surface area (Å²) in [6.07, 6.45) is -0.147. The molecule has 112 valence electrons. The summed E-state index contributed by atoms with van der Waals surface area (Å²) < 4.78 is 5.58. The number of carbonyl (C=O) groups is 2. The monoisotopic (exact) mass is 291 g/mol. The molecule has 6 nitrogen and oxygen atoms in total. The lowest BCUT2D eigenvalue weighted by atomic mass is 9.95. The third kappa shape index (κ3) is 2.58. The van der Waals surface area contributed by atoms with E-state index in [1.807, 2.05) is 24.3 Å². The van der Waals surface area contributed by atoms with Crippen molar-refractivity contribution in [3.05, 3.63) is 29.8 Å². The number of aliphatic carboxylic acids is 1. The average Bonchev–Trinajstić information content (AvgIpc) is 2.88. The molecule has 1 fully saturated rings. The lowest BCUT2D eigenvalue weighted by Gasteiger charge is -2.29. The zero-order valence-corrected chi connectivity index (χ0v) is 11.4. The number of nitrogens with zero attached hydrogens (tertiary/aromatic N) is 1. The Kier molecular flexibility index (Phi) is 3.55. The van der Waals surface area contributed by atoms with Gasteiger partial charge in [-0.3, -0.25) is 4.79 Å². The summed E-state index contributed by atoms with van der Waals surface area (Å²) >= 11 is 0. The Morgan fingerprint density at radius 3 is 2.81 bits per heavy atom. The second-order valence-corrected chi connectivity index (χ2v) is 5.55. The van der Waals surface area contributed by atoms with Crippen LogP contribution in [0.4, 0.5) is 0 Å². The fraction of sp³-hybridized carbons (Fsp3) is 0.467. The largest absolute Gasteiger partial charge is 0.492 e. The Labute approximate surface area is 121 Å². The van der Waals surface area contributed by atoms with Crippen LogP contribution in [0.15, 0.2) is 24.3 Å². The van der Waals surface area contributed by atoms with Gasteiger partial charge in [-0.25, -0.2) is 4.79 Å². The van der Waals surface area contributed by atoms with Crippen LogP contribution in [0.2, 0.25) is 0 Å². The van der Waals surface area contributed by atoms with E-state index < -0.39 is 24.0 Å². The predicted octanol–water partition coefficient (Wildman–Crippen LogP) is 0.284. The van der Waals surface area contributed by atoms with E-state index >= 15 is 0 Å². The third-order valence-corrected chi connectivity index (χ3v) is 4.08. The van der Waals surface area contributed by atoms with E-state index in [2.05, 4.69) is 0 Å². The minimum atomic E-state index is -1.07. The summed E-state index contributed by atoms with van der Waals surface area (Å²) in [6.45, 7) is 0.322. The van der Waals surface area contributed by atoms with Crippen LogP contribution in [-0.2, 0) is 16.0 Å². The number of para-hydroxylation sites is 1. The lowest BCUT2D eigenvalue weighted by molar-refractivity contribution is -0.150. The molecule has 2 aliphatic rings. The van der Waals surface area contributed by atoms with Gasteiger partial charge in [0.25, 0.3) is 0 Å². The van der Waals surface area contributed by atoms with Gasteiger partial charge in [0.05, 0.1) is 12.0 Å². The molecule has 1 saturated heterocycles. The number of fused-ring (bicyclic) bond motifs is 1. The van der Waals surface area contributed by atoms with Gasteiger partial charge in [0, 0.05) is 13.0 Å². The standard InChI is InChI=1S/C15H17NO5/c17-11-6-12(15(19)20)16(7-11)14(18)10-5-9-3-1-2-4-13(9)21-8-10/h1-4,10-12,17H,5-8H2,(H,19,20)/t10?,11-,12+/m1/s1. The van der Waals surface area contributed by atoms with E-state index in [4.69, 9.17) is 4.74 Å². The minimum Gasteiger partial charge on any atom is -0.492 e. The first-order valence-electron chi connectivity index (χ1n) is 6.98. The molecule has 0 aliphatic carbocycles. The molecule has 3 rings (SSSR count). The molecule has 1 aromatic rings. The quantitative estimate of drug-likeness (QED) is 0.817. The van der Waals surface area contributed by atoms with Crippen molar-refractivity contribution in [1.82, 2.24) is 4.90 Å². The first-order valence-corrected chi connectivity index (χ1v) is 6.98. The number of ether oxygens (including phenoxy) is 1. The molecule has 2 N–H and O–H groups in total. The van der Waals surface area contributed by atoms with Crippen LogP contribution in [0.3, 0.4) is 0 Å². The van der Waals surface area contributed by atoms with Crippen molar-refractivity contribution in [1.29, 1.82) is 0 Å². The van der Waals surface area contributed by atoms with Crippen molar-refractivity contribution in [2.75, 3.05) is 13.2 Å². The van der Waals surface area contributed by atoms with Crippen LogP contribution in [0.5, 0.6) is 5.75 Å². The Morgan fingerprint density at radius 2 is 2.05 bits per heavy atom. The van der Waals surface area contributed by atoms with E-state index in [-0.39, 0.29) is 25.5 Å². The number of hydrogen-bond donors (Lipinski definition) is 2. The maximum absolute atomic E-state index is 12.5. The molecule has 1 unspecified atom stereocenters. The van der Waals surface area contributed by atoms with Gasteiger partial charge < -0.3 is 19.8 Å². The number of carbonyl (C=O) groups excluding carboxylic acids is 1. The average molecular weight is 291 g/mol. The van der Waals surface area contributed by atoms with Crippen LogP contribution in [-0.4, -0.2) is 52.3 Å². The van der Waals surface area contributed by atoms with Crippen LogP contribution in [0.1, 0.15) is 12.0 Å². The lowest BCUT2D eigenvalue weighted by Crippen LogP contribution is -2.46. The summed E-state index contributed by atoms with van der Waals surface area (Å²) in [5.74, 6) is -0.949. The fourth-order valence-electron chi connectivity index (χ4n) is 3.01. The first kappa shape index (κ1) is 13.9. The Balaban J connectivity index is 1.76. The molecule has 1 aromatic carbocycles. The van der Waals surface area contributed by atoms with Crippen molar-refractivity contribution < 1.29 is 24.5 Å². The van der Waals surface area contributed by atoms with Crippen LogP contribution in [0.25, 0.3) is 0 Å². The summed E-state index contributed by atoms with van der Waals surface area (Å²) in [7, 11) is 0. The predicted molar refractivity (Wildman–Crippen MR) is 72.9 cm³/mol. The van der Waals surface area contributed by atoms with E-state index in [1.54, 1.807) is 0 Å². The van der Waals surface area contributed by atoms with Gasteiger partial charge in [-0.15, -0.1) is 0 Å². The number of hydrogen-bond acceptors (Lipinski definition) is 4. The summed E-state index contributed by atoms with van der Waals surface area (Å²) in [4.78, 5) is 25.0. The second kappa shape index (κ2) is 5.37. The van der Waals surface area contributed by atoms with Gasteiger partial charge in [-0.1, -0.05) is 18.2 Å². The maximum atomic E-state index is 12.5. The first-order chi connectivity index (χ1) is 10.1. The van der Waals surface area contributed by atoms with Gasteiger partial charge in [-0.05, 0) is 18.1 Å². The topological polar surface area (TPSA) is 87.1 Å². The van der Waals surface area contributed by atoms with E-state index in [0.717, 1.165) is 11.3 Å². The highest BCUT2D eigenvalue weighted by Crippen LogP contribution is 2.29. The molecular weight excluding hydrogens is 274 g/mol. The molecule has 0 bridgehead atoms. The number of aliphatic hydroxyl groups is 1. The van der Waals surface area contributed by atoms with Crippen LogP contribution < -0.4 is 4.74 Å². The third-order valence-electron chi connectivity index (χ3n) is 4.08. The molecule has 3 atom stereocenters. The van der Waals surface area contributed by atoms with Crippen molar-refractivity contribution in [3.8, 4) is 5.75 Å². The molecule has 0 spiro atoms. The van der Waals surface area contributed by atoms with E-state index in [9.17, 15) is 19.8 Å². The normalized spacial score (nSPS) is 27.9. The van der Waals surface area contributed by atoms with Crippen LogP contribution >= 0.6 is 0 Å². The van der Waals surface area contributed by atoms with Crippen molar-refractivity contribution in [3.63, 3.8) is 0 Å². The van der Waals surface area contributed by atoms with E-state index in [0.29, 0.717) is 6.42 Å². The number of likely N-dealkylation sites (tertiary alicyclic amines) is 1. The van der Waals surface area contributed by atoms with Gasteiger partial charge in [0.2, 0.25) is 5.91 Å². The number of carboxylic acids is 1. The number of benzene rings is 1. The summed E-state index contributed by atoms with van der Waals surface area (Å²) in [6, 6.07) is 6.58. The molecule has 0 saturated carbocycles. The number of β-amino-alcohol motifs (C(OH)–C–C–N with tert-alkyl or cyclic N) is 1. The molecule has 0 aromatic heterocycles. The Hall–Kier alpha value is -2.08. The van der Waals surface area contributed by atoms with Gasteiger partial charge in [0.15, 0.2) is 0 Å². The van der Waals surface area contributed by atoms with Gasteiger partial charge >= 0.3 is 5.97 Å². The molecule has 6 heteroatoms. The SMILES string of the molecule is O=C(O)[C@@H]1C[C@@H](O)CN1C(=O)C1COc2ccccc2C1. The van der Waals surface area contributed by atoms with Crippen molar-refractivity contribution in [2.24, 2.45) is 5.92 Å². The smallest absolute Gasteiger partial charge is 0.326 e. The summed E-state index contributed by atoms with van der Waals surface area (Å²) in [5.41, 5.74) is 0.953.